The molecule has 2 heterocycles. The number of aromatic nitrogens is 3. The Bertz CT molecular complexity index is 3040. The van der Waals surface area contributed by atoms with Gasteiger partial charge >= 0.3 is 126 Å². The van der Waals surface area contributed by atoms with Crippen molar-refractivity contribution in [2.24, 2.45) is 5.92 Å². The van der Waals surface area contributed by atoms with E-state index in [0.29, 0.717) is 5.92 Å². The van der Waals surface area contributed by atoms with Gasteiger partial charge in [-0.05, 0) is 51.6 Å². The van der Waals surface area contributed by atoms with Gasteiger partial charge in [0.1, 0.15) is 0 Å². The van der Waals surface area contributed by atoms with Crippen molar-refractivity contribution < 1.29 is 20.1 Å². The van der Waals surface area contributed by atoms with Gasteiger partial charge < -0.3 is 4.57 Å². The smallest absolute Gasteiger partial charge is 0.0774 e. The molecule has 5 heteroatoms. The second-order valence-corrected chi connectivity index (χ2v) is 27.4. The molecule has 3 nitrogen and oxygen atoms in total. The Kier molecular flexibility index (Phi) is 12.0. The van der Waals surface area contributed by atoms with Crippen molar-refractivity contribution >= 4 is 61.0 Å². The monoisotopic (exact) mass is 1020 g/mol. The largest absolute Gasteiger partial charge is 0.333 e. The van der Waals surface area contributed by atoms with E-state index in [4.69, 9.17) is 9.97 Å². The Hall–Kier alpha value is -5.65. The third kappa shape index (κ3) is 8.25. The molecule has 0 aliphatic carbocycles. The molecule has 0 fully saturated rings. The molecule has 2 aromatic heterocycles. The van der Waals surface area contributed by atoms with Gasteiger partial charge in [-0.25, -0.2) is 0 Å². The standard InChI is InChI=1S/C37H23N2.C18H24GeN.Ir/c1-2-10-25(11-3-1)26-18-21-28(22-19-26)39-36-17-9-8-16-35(36)38-37(39)27-20-23-33-31-14-5-4-12-29(31)30-13-6-7-15-32(30)34(33)24-27;1-14(2)11-16-12-18(15-9-7-6-8-10-15)20-13-17(16)19(3,4)5;/h1-19,21-24H;6-9,12-14H,11H2,1-5H3;/q2*-1;. The summed E-state index contributed by atoms with van der Waals surface area (Å²) in [5.74, 6) is 8.88. The maximum Gasteiger partial charge on any atom is 0.0774 e. The molecule has 60 heavy (non-hydrogen) atoms. The third-order valence-electron chi connectivity index (χ3n) is 11.1. The maximum atomic E-state index is 5.12. The third-order valence-corrected chi connectivity index (χ3v) is 15.5. The van der Waals surface area contributed by atoms with Crippen molar-refractivity contribution in [3.63, 3.8) is 0 Å². The summed E-state index contributed by atoms with van der Waals surface area (Å²) in [5.41, 5.74) is 10.1. The van der Waals surface area contributed by atoms with Crippen molar-refractivity contribution in [2.75, 3.05) is 0 Å². The van der Waals surface area contributed by atoms with E-state index in [1.807, 2.05) is 30.3 Å². The molecular weight excluding hydrogens is 967 g/mol. The molecule has 8 aromatic carbocycles. The van der Waals surface area contributed by atoms with Crippen LogP contribution < -0.4 is 4.40 Å². The van der Waals surface area contributed by atoms with E-state index < -0.39 is 13.3 Å². The van der Waals surface area contributed by atoms with E-state index in [9.17, 15) is 0 Å². The summed E-state index contributed by atoms with van der Waals surface area (Å²) in [6, 6.07) is 66.6. The minimum absolute atomic E-state index is 0. The fourth-order valence-corrected chi connectivity index (χ4v) is 11.7. The second kappa shape index (κ2) is 17.5. The van der Waals surface area contributed by atoms with Crippen molar-refractivity contribution in [2.45, 2.75) is 37.5 Å². The van der Waals surface area contributed by atoms with Crippen molar-refractivity contribution in [1.82, 2.24) is 14.5 Å². The number of imidazole rings is 1. The molecule has 0 unspecified atom stereocenters. The number of nitrogens with zero attached hydrogens (tertiary/aromatic N) is 3. The number of hydrogen-bond donors (Lipinski definition) is 0. The second-order valence-electron chi connectivity index (χ2n) is 16.8. The molecular formula is C55H47GeIrN3-2. The molecule has 0 atom stereocenters. The number of hydrogen-bond acceptors (Lipinski definition) is 2. The molecule has 0 saturated carbocycles. The Morgan fingerprint density at radius 3 is 1.83 bits per heavy atom. The summed E-state index contributed by atoms with van der Waals surface area (Å²) in [6.45, 7) is 4.57. The number of benzene rings is 8. The van der Waals surface area contributed by atoms with Crippen LogP contribution in [0.1, 0.15) is 19.4 Å². The first-order valence-corrected chi connectivity index (χ1v) is 27.9. The average molecular weight is 1010 g/mol. The summed E-state index contributed by atoms with van der Waals surface area (Å²) >= 11 is -1.86. The molecule has 10 aromatic rings. The fourth-order valence-electron chi connectivity index (χ4n) is 8.35. The summed E-state index contributed by atoms with van der Waals surface area (Å²) in [7, 11) is 0. The Morgan fingerprint density at radius 1 is 0.583 bits per heavy atom. The van der Waals surface area contributed by atoms with Gasteiger partial charge in [0.25, 0.3) is 0 Å². The van der Waals surface area contributed by atoms with Gasteiger partial charge in [-0.1, -0.05) is 119 Å². The Morgan fingerprint density at radius 2 is 1.18 bits per heavy atom. The molecule has 1 radical (unpaired) electrons. The van der Waals surface area contributed by atoms with Gasteiger partial charge in [0.15, 0.2) is 0 Å². The van der Waals surface area contributed by atoms with Crippen LogP contribution in [0.3, 0.4) is 0 Å². The fraction of sp³-hybridized carbons (Fsp3) is 0.127. The zero-order valence-electron chi connectivity index (χ0n) is 34.7. The van der Waals surface area contributed by atoms with E-state index in [0.717, 1.165) is 45.8 Å². The minimum atomic E-state index is -1.86. The number of fused-ring (bicyclic) bond motifs is 7. The van der Waals surface area contributed by atoms with Crippen molar-refractivity contribution in [1.29, 1.82) is 0 Å². The van der Waals surface area contributed by atoms with Crippen LogP contribution in [0.2, 0.25) is 17.3 Å². The molecule has 0 N–H and O–H groups in total. The van der Waals surface area contributed by atoms with E-state index in [1.165, 1.54) is 49.0 Å². The van der Waals surface area contributed by atoms with Gasteiger partial charge in [-0.2, -0.15) is 0 Å². The van der Waals surface area contributed by atoms with Gasteiger partial charge in [-0.15, -0.1) is 23.8 Å². The minimum Gasteiger partial charge on any atom is -0.333 e. The van der Waals surface area contributed by atoms with Crippen LogP contribution in [0.15, 0.2) is 176 Å². The van der Waals surface area contributed by atoms with E-state index in [-0.39, 0.29) is 20.1 Å². The number of rotatable bonds is 7. The first-order chi connectivity index (χ1) is 28.7. The zero-order chi connectivity index (χ0) is 40.5. The van der Waals surface area contributed by atoms with Crippen LogP contribution >= 0.6 is 0 Å². The molecule has 0 aliphatic heterocycles. The Balaban J connectivity index is 0.000000202. The summed E-state index contributed by atoms with van der Waals surface area (Å²) < 4.78 is 3.80. The predicted octanol–water partition coefficient (Wildman–Crippen LogP) is 13.9. The zero-order valence-corrected chi connectivity index (χ0v) is 39.2. The van der Waals surface area contributed by atoms with Crippen LogP contribution in [0, 0.1) is 18.1 Å². The quantitative estimate of drug-likeness (QED) is 0.0905. The molecule has 0 spiro atoms. The van der Waals surface area contributed by atoms with Crippen molar-refractivity contribution in [3.8, 4) is 39.5 Å². The van der Waals surface area contributed by atoms with Crippen molar-refractivity contribution in [3.05, 3.63) is 194 Å². The number of para-hydroxylation sites is 2. The molecule has 0 amide bonds. The van der Waals surface area contributed by atoms with Gasteiger partial charge in [0.2, 0.25) is 0 Å². The van der Waals surface area contributed by atoms with Gasteiger partial charge in [0.05, 0.1) is 16.9 Å². The van der Waals surface area contributed by atoms with E-state index in [1.54, 1.807) is 4.40 Å². The molecule has 297 valence electrons. The van der Waals surface area contributed by atoms with Crippen LogP contribution in [0.4, 0.5) is 0 Å². The topological polar surface area (TPSA) is 30.7 Å². The molecule has 0 bridgehead atoms. The van der Waals surface area contributed by atoms with Crippen LogP contribution in [0.5, 0.6) is 0 Å². The summed E-state index contributed by atoms with van der Waals surface area (Å²) in [4.78, 5) is 9.82. The average Bonchev–Trinajstić information content (AvgIpc) is 3.66. The Labute approximate surface area is 369 Å². The first kappa shape index (κ1) is 41.1. The summed E-state index contributed by atoms with van der Waals surface area (Å²) in [5, 5.41) is 7.46. The van der Waals surface area contributed by atoms with Crippen LogP contribution in [0.25, 0.3) is 82.8 Å². The SMILES string of the molecule is CC(C)Cc1cc(-c2[c-]cccc2)nc[c]1[Ge]([CH3])([CH3])[CH3].[Ir].[c-]1cc2c3ccccc3c3ccccc3c2cc1-c1nc2ccccc2n1-c1ccc(-c2ccccc2)cc1. The van der Waals surface area contributed by atoms with E-state index in [2.05, 4.69) is 194 Å². The molecule has 0 saturated heterocycles. The first-order valence-electron chi connectivity index (χ1n) is 20.6. The van der Waals surface area contributed by atoms with Crippen LogP contribution in [-0.4, -0.2) is 27.8 Å². The molecule has 0 aliphatic rings. The van der Waals surface area contributed by atoms with E-state index >= 15 is 0 Å². The number of pyridine rings is 1. The normalized spacial score (nSPS) is 11.5. The predicted molar refractivity (Wildman–Crippen MR) is 253 cm³/mol. The van der Waals surface area contributed by atoms with Gasteiger partial charge in [-0.3, -0.25) is 4.98 Å². The summed E-state index contributed by atoms with van der Waals surface area (Å²) in [6.07, 6.45) is 3.27. The van der Waals surface area contributed by atoms with Gasteiger partial charge in [0, 0.05) is 25.8 Å². The van der Waals surface area contributed by atoms with Crippen LogP contribution in [-0.2, 0) is 26.5 Å². The molecule has 10 rings (SSSR count). The maximum absolute atomic E-state index is 5.12.